The van der Waals surface area contributed by atoms with Crippen molar-refractivity contribution in [2.45, 2.75) is 19.3 Å². The number of likely N-dealkylation sites (N-methyl/N-ethyl adjacent to an activating group) is 1. The molecule has 1 aromatic heterocycles. The fraction of sp³-hybridized carbons (Fsp3) is 0.545. The van der Waals surface area contributed by atoms with E-state index >= 15 is 0 Å². The Hall–Kier alpha value is -0.960. The van der Waals surface area contributed by atoms with Crippen molar-refractivity contribution in [3.8, 4) is 0 Å². The summed E-state index contributed by atoms with van der Waals surface area (Å²) < 4.78 is 13.1. The van der Waals surface area contributed by atoms with Crippen LogP contribution in [0.15, 0.2) is 12.1 Å². The maximum absolute atomic E-state index is 13.1. The van der Waals surface area contributed by atoms with Crippen LogP contribution in [0.1, 0.15) is 23.6 Å². The van der Waals surface area contributed by atoms with E-state index in [2.05, 4.69) is 16.9 Å². The van der Waals surface area contributed by atoms with Crippen LogP contribution in [0.3, 0.4) is 0 Å². The predicted octanol–water partition coefficient (Wildman–Crippen LogP) is 1.95. The van der Waals surface area contributed by atoms with E-state index in [4.69, 9.17) is 0 Å². The number of aromatic nitrogens is 1. The molecule has 0 radical (unpaired) electrons. The first-order valence-corrected chi connectivity index (χ1v) is 4.98. The van der Waals surface area contributed by atoms with Crippen molar-refractivity contribution in [2.24, 2.45) is 0 Å². The summed E-state index contributed by atoms with van der Waals surface area (Å²) >= 11 is 0. The Morgan fingerprint density at radius 3 is 2.86 bits per heavy atom. The second-order valence-electron chi connectivity index (χ2n) is 4.14. The molecule has 0 N–H and O–H groups in total. The lowest BCUT2D eigenvalue weighted by molar-refractivity contribution is 0.410. The molecule has 2 heterocycles. The molecular weight excluding hydrogens is 179 g/mol. The Kier molecular flexibility index (Phi) is 2.50. The molecule has 1 unspecified atom stereocenters. The summed E-state index contributed by atoms with van der Waals surface area (Å²) in [6.07, 6.45) is 1.09. The second kappa shape index (κ2) is 3.65. The zero-order valence-corrected chi connectivity index (χ0v) is 8.63. The molecule has 3 heteroatoms. The molecule has 1 aliphatic rings. The molecule has 0 saturated carbocycles. The molecule has 0 aromatic carbocycles. The molecule has 2 rings (SSSR count). The van der Waals surface area contributed by atoms with Crippen LogP contribution in [0.2, 0.25) is 0 Å². The van der Waals surface area contributed by atoms with Gasteiger partial charge in [0, 0.05) is 18.2 Å². The summed E-state index contributed by atoms with van der Waals surface area (Å²) in [5.74, 6) is 0.0592. The molecule has 1 fully saturated rings. The maximum atomic E-state index is 13.1. The van der Waals surface area contributed by atoms with Crippen LogP contribution < -0.4 is 0 Å². The molecule has 1 atom stereocenters. The number of likely N-dealkylation sites (tertiary alicyclic amines) is 1. The second-order valence-corrected chi connectivity index (χ2v) is 4.14. The molecule has 0 amide bonds. The highest BCUT2D eigenvalue weighted by Gasteiger charge is 2.22. The predicted molar refractivity (Wildman–Crippen MR) is 53.8 cm³/mol. The van der Waals surface area contributed by atoms with Crippen LogP contribution >= 0.6 is 0 Å². The van der Waals surface area contributed by atoms with Crippen LogP contribution in [-0.4, -0.2) is 30.0 Å². The van der Waals surface area contributed by atoms with Crippen molar-refractivity contribution < 1.29 is 4.39 Å². The standard InChI is InChI=1S/C11H15FN2/c1-8-5-10(13-11(12)6-8)9-3-4-14(2)7-9/h5-6,9H,3-4,7H2,1-2H3. The van der Waals surface area contributed by atoms with Crippen LogP contribution in [0.25, 0.3) is 0 Å². The van der Waals surface area contributed by atoms with Gasteiger partial charge in [-0.1, -0.05) is 0 Å². The van der Waals surface area contributed by atoms with E-state index in [1.807, 2.05) is 13.0 Å². The summed E-state index contributed by atoms with van der Waals surface area (Å²) in [7, 11) is 2.09. The Morgan fingerprint density at radius 1 is 1.50 bits per heavy atom. The van der Waals surface area contributed by atoms with Crippen molar-refractivity contribution >= 4 is 0 Å². The number of hydrogen-bond donors (Lipinski definition) is 0. The molecule has 1 aromatic rings. The van der Waals surface area contributed by atoms with E-state index in [1.165, 1.54) is 6.07 Å². The third-order valence-electron chi connectivity index (χ3n) is 2.77. The number of aryl methyl sites for hydroxylation is 1. The molecule has 0 spiro atoms. The molecule has 0 aliphatic carbocycles. The first-order valence-electron chi connectivity index (χ1n) is 4.98. The first-order chi connectivity index (χ1) is 6.65. The summed E-state index contributed by atoms with van der Waals surface area (Å²) in [5.41, 5.74) is 1.87. The van der Waals surface area contributed by atoms with Gasteiger partial charge in [-0.3, -0.25) is 0 Å². The summed E-state index contributed by atoms with van der Waals surface area (Å²) in [6.45, 7) is 3.99. The zero-order valence-electron chi connectivity index (χ0n) is 8.63. The molecule has 1 saturated heterocycles. The van der Waals surface area contributed by atoms with E-state index in [9.17, 15) is 4.39 Å². The number of rotatable bonds is 1. The number of pyridine rings is 1. The van der Waals surface area contributed by atoms with Crippen molar-refractivity contribution in [3.05, 3.63) is 29.3 Å². The lowest BCUT2D eigenvalue weighted by Crippen LogP contribution is -2.14. The van der Waals surface area contributed by atoms with Crippen molar-refractivity contribution in [1.29, 1.82) is 0 Å². The monoisotopic (exact) mass is 194 g/mol. The van der Waals surface area contributed by atoms with Gasteiger partial charge in [0.05, 0.1) is 0 Å². The highest BCUT2D eigenvalue weighted by Crippen LogP contribution is 2.25. The Labute approximate surface area is 83.8 Å². The molecule has 76 valence electrons. The van der Waals surface area contributed by atoms with Gasteiger partial charge in [0.1, 0.15) is 0 Å². The van der Waals surface area contributed by atoms with E-state index in [0.717, 1.165) is 30.8 Å². The SMILES string of the molecule is Cc1cc(F)nc(C2CCN(C)C2)c1. The van der Waals surface area contributed by atoms with E-state index in [1.54, 1.807) is 0 Å². The smallest absolute Gasteiger partial charge is 0.213 e. The van der Waals surface area contributed by atoms with E-state index in [0.29, 0.717) is 5.92 Å². The minimum Gasteiger partial charge on any atom is -0.306 e. The quantitative estimate of drug-likeness (QED) is 0.635. The minimum atomic E-state index is -0.352. The number of halogens is 1. The molecular formula is C11H15FN2. The molecule has 0 bridgehead atoms. The summed E-state index contributed by atoms with van der Waals surface area (Å²) in [6, 6.07) is 3.47. The number of nitrogens with zero attached hydrogens (tertiary/aromatic N) is 2. The third kappa shape index (κ3) is 1.93. The van der Waals surface area contributed by atoms with Gasteiger partial charge in [0.25, 0.3) is 0 Å². The van der Waals surface area contributed by atoms with Gasteiger partial charge < -0.3 is 4.90 Å². The van der Waals surface area contributed by atoms with E-state index in [-0.39, 0.29) is 5.95 Å². The molecule has 1 aliphatic heterocycles. The van der Waals surface area contributed by atoms with Gasteiger partial charge in [0.15, 0.2) is 0 Å². The third-order valence-corrected chi connectivity index (χ3v) is 2.77. The highest BCUT2D eigenvalue weighted by molar-refractivity contribution is 5.19. The van der Waals surface area contributed by atoms with Crippen molar-refractivity contribution in [1.82, 2.24) is 9.88 Å². The van der Waals surface area contributed by atoms with Gasteiger partial charge in [-0.15, -0.1) is 0 Å². The van der Waals surface area contributed by atoms with E-state index < -0.39 is 0 Å². The highest BCUT2D eigenvalue weighted by atomic mass is 19.1. The van der Waals surface area contributed by atoms with Gasteiger partial charge in [-0.05, 0) is 44.6 Å². The average molecular weight is 194 g/mol. The van der Waals surface area contributed by atoms with Crippen LogP contribution in [0.5, 0.6) is 0 Å². The normalized spacial score (nSPS) is 22.9. The Morgan fingerprint density at radius 2 is 2.29 bits per heavy atom. The largest absolute Gasteiger partial charge is 0.306 e. The number of hydrogen-bond acceptors (Lipinski definition) is 2. The van der Waals surface area contributed by atoms with Crippen molar-refractivity contribution in [2.75, 3.05) is 20.1 Å². The zero-order chi connectivity index (χ0) is 10.1. The lowest BCUT2D eigenvalue weighted by atomic mass is 10.0. The fourth-order valence-electron chi connectivity index (χ4n) is 2.04. The topological polar surface area (TPSA) is 16.1 Å². The summed E-state index contributed by atoms with van der Waals surface area (Å²) in [5, 5.41) is 0. The van der Waals surface area contributed by atoms with Gasteiger partial charge in [0.2, 0.25) is 5.95 Å². The van der Waals surface area contributed by atoms with Gasteiger partial charge >= 0.3 is 0 Å². The Balaban J connectivity index is 2.23. The van der Waals surface area contributed by atoms with Crippen molar-refractivity contribution in [3.63, 3.8) is 0 Å². The van der Waals surface area contributed by atoms with Gasteiger partial charge in [-0.25, -0.2) is 4.98 Å². The molecule has 14 heavy (non-hydrogen) atoms. The first kappa shape index (κ1) is 9.59. The average Bonchev–Trinajstić information content (AvgIpc) is 2.50. The van der Waals surface area contributed by atoms with Gasteiger partial charge in [-0.2, -0.15) is 4.39 Å². The summed E-state index contributed by atoms with van der Waals surface area (Å²) in [4.78, 5) is 6.21. The molecule has 2 nitrogen and oxygen atoms in total. The van der Waals surface area contributed by atoms with Crippen LogP contribution in [0.4, 0.5) is 4.39 Å². The fourth-order valence-corrected chi connectivity index (χ4v) is 2.04. The van der Waals surface area contributed by atoms with Crippen LogP contribution in [-0.2, 0) is 0 Å². The van der Waals surface area contributed by atoms with Crippen LogP contribution in [0, 0.1) is 12.9 Å². The lowest BCUT2D eigenvalue weighted by Gasteiger charge is -2.10. The minimum absolute atomic E-state index is 0.352. The maximum Gasteiger partial charge on any atom is 0.213 e. The Bertz CT molecular complexity index is 318.